The van der Waals surface area contributed by atoms with E-state index in [0.717, 1.165) is 76.9 Å². The Morgan fingerprint density at radius 3 is 2.45 bits per heavy atom. The third-order valence-corrected chi connectivity index (χ3v) is 6.17. The van der Waals surface area contributed by atoms with Crippen LogP contribution in [-0.4, -0.2) is 67.1 Å². The monoisotopic (exact) mass is 430 g/mol. The van der Waals surface area contributed by atoms with E-state index in [0.29, 0.717) is 12.2 Å². The molecule has 170 valence electrons. The zero-order valence-corrected chi connectivity index (χ0v) is 18.4. The Kier molecular flexibility index (Phi) is 8.28. The summed E-state index contributed by atoms with van der Waals surface area (Å²) in [5, 5.41) is 15.4. The van der Waals surface area contributed by atoms with Crippen molar-refractivity contribution in [3.63, 3.8) is 0 Å². The van der Waals surface area contributed by atoms with E-state index in [-0.39, 0.29) is 23.3 Å². The summed E-state index contributed by atoms with van der Waals surface area (Å²) in [6, 6.07) is 5.20. The lowest BCUT2D eigenvalue weighted by Crippen LogP contribution is -2.49. The van der Waals surface area contributed by atoms with Crippen LogP contribution in [-0.2, 0) is 9.59 Å². The Hall–Kier alpha value is -2.61. The van der Waals surface area contributed by atoms with Crippen molar-refractivity contribution in [1.29, 1.82) is 0 Å². The number of amides is 2. The molecule has 1 heterocycles. The third-order valence-electron chi connectivity index (χ3n) is 6.17. The van der Waals surface area contributed by atoms with Crippen LogP contribution in [0.15, 0.2) is 18.2 Å². The summed E-state index contributed by atoms with van der Waals surface area (Å²) in [4.78, 5) is 40.5. The highest BCUT2D eigenvalue weighted by Gasteiger charge is 2.25. The first-order valence-electron chi connectivity index (χ1n) is 11.4. The molecule has 1 saturated heterocycles. The molecule has 1 aliphatic carbocycles. The van der Waals surface area contributed by atoms with Gasteiger partial charge in [-0.05, 0) is 37.5 Å². The fourth-order valence-electron chi connectivity index (χ4n) is 4.27. The second-order valence-electron chi connectivity index (χ2n) is 8.47. The van der Waals surface area contributed by atoms with E-state index in [1.165, 1.54) is 0 Å². The van der Waals surface area contributed by atoms with Crippen LogP contribution >= 0.6 is 0 Å². The molecule has 3 rings (SSSR count). The molecule has 0 radical (unpaired) electrons. The fraction of sp³-hybridized carbons (Fsp3) is 0.609. The molecule has 8 nitrogen and oxygen atoms in total. The molecule has 1 saturated carbocycles. The molecule has 0 unspecified atom stereocenters. The van der Waals surface area contributed by atoms with Crippen LogP contribution in [0.2, 0.25) is 0 Å². The highest BCUT2D eigenvalue weighted by molar-refractivity contribution is 6.02. The predicted molar refractivity (Wildman–Crippen MR) is 121 cm³/mol. The average Bonchev–Trinajstić information content (AvgIpc) is 3.30. The van der Waals surface area contributed by atoms with Gasteiger partial charge in [-0.15, -0.1) is 0 Å². The average molecular weight is 431 g/mol. The standard InChI is InChI=1S/C23H34N4O4/c1-2-3-10-24-21(28)16-26-11-13-27(14-12-26)18-8-9-20(19(15-18)23(30)31)25-22(29)17-6-4-5-7-17/h8-9,15,17H,2-7,10-14,16H2,1H3,(H,24,28)(H,25,29)(H,30,31). The van der Waals surface area contributed by atoms with Crippen LogP contribution < -0.4 is 15.5 Å². The first-order valence-corrected chi connectivity index (χ1v) is 11.4. The number of hydrogen-bond acceptors (Lipinski definition) is 5. The molecule has 0 aromatic heterocycles. The van der Waals surface area contributed by atoms with Crippen LogP contribution in [0.25, 0.3) is 0 Å². The molecular weight excluding hydrogens is 396 g/mol. The number of carbonyl (C=O) groups excluding carboxylic acids is 2. The Morgan fingerprint density at radius 1 is 1.10 bits per heavy atom. The number of nitrogens with one attached hydrogen (secondary N) is 2. The van der Waals surface area contributed by atoms with Crippen molar-refractivity contribution in [2.45, 2.75) is 45.4 Å². The Morgan fingerprint density at radius 2 is 1.81 bits per heavy atom. The highest BCUT2D eigenvalue weighted by atomic mass is 16.4. The van der Waals surface area contributed by atoms with E-state index in [4.69, 9.17) is 0 Å². The summed E-state index contributed by atoms with van der Waals surface area (Å²) >= 11 is 0. The maximum absolute atomic E-state index is 12.4. The van der Waals surface area contributed by atoms with Crippen molar-refractivity contribution >= 4 is 29.2 Å². The van der Waals surface area contributed by atoms with Gasteiger partial charge in [-0.1, -0.05) is 26.2 Å². The first kappa shape index (κ1) is 23.1. The van der Waals surface area contributed by atoms with Gasteiger partial charge in [-0.2, -0.15) is 0 Å². The Labute approximate surface area is 184 Å². The van der Waals surface area contributed by atoms with Gasteiger partial charge >= 0.3 is 5.97 Å². The smallest absolute Gasteiger partial charge is 0.337 e. The molecular formula is C23H34N4O4. The van der Waals surface area contributed by atoms with Crippen molar-refractivity contribution < 1.29 is 19.5 Å². The van der Waals surface area contributed by atoms with Crippen molar-refractivity contribution in [2.75, 3.05) is 49.5 Å². The number of anilines is 2. The second-order valence-corrected chi connectivity index (χ2v) is 8.47. The van der Waals surface area contributed by atoms with Crippen LogP contribution in [0.4, 0.5) is 11.4 Å². The lowest BCUT2D eigenvalue weighted by molar-refractivity contribution is -0.122. The number of carboxylic acid groups (broad SMARTS) is 1. The van der Waals surface area contributed by atoms with Gasteiger partial charge in [0.1, 0.15) is 0 Å². The van der Waals surface area contributed by atoms with E-state index in [2.05, 4.69) is 27.4 Å². The Balaban J connectivity index is 1.57. The summed E-state index contributed by atoms with van der Waals surface area (Å²) in [5.74, 6) is -1.10. The number of piperazine rings is 1. The van der Waals surface area contributed by atoms with Gasteiger partial charge in [0.25, 0.3) is 0 Å². The molecule has 1 aromatic rings. The quantitative estimate of drug-likeness (QED) is 0.521. The molecule has 1 aromatic carbocycles. The van der Waals surface area contributed by atoms with Gasteiger partial charge in [-0.25, -0.2) is 4.79 Å². The number of aromatic carboxylic acids is 1. The van der Waals surface area contributed by atoms with E-state index in [1.54, 1.807) is 12.1 Å². The normalized spacial score (nSPS) is 17.5. The number of rotatable bonds is 9. The van der Waals surface area contributed by atoms with Gasteiger partial charge in [0.2, 0.25) is 11.8 Å². The fourth-order valence-corrected chi connectivity index (χ4v) is 4.27. The molecule has 8 heteroatoms. The zero-order valence-electron chi connectivity index (χ0n) is 18.4. The number of benzene rings is 1. The van der Waals surface area contributed by atoms with Crippen molar-refractivity contribution in [1.82, 2.24) is 10.2 Å². The molecule has 31 heavy (non-hydrogen) atoms. The van der Waals surface area contributed by atoms with Gasteiger partial charge in [-0.3, -0.25) is 14.5 Å². The molecule has 0 spiro atoms. The summed E-state index contributed by atoms with van der Waals surface area (Å²) < 4.78 is 0. The van der Waals surface area contributed by atoms with Gasteiger partial charge in [0.05, 0.1) is 17.8 Å². The van der Waals surface area contributed by atoms with Gasteiger partial charge in [0, 0.05) is 44.3 Å². The number of carboxylic acids is 1. The molecule has 0 atom stereocenters. The number of hydrogen-bond donors (Lipinski definition) is 3. The minimum Gasteiger partial charge on any atom is -0.478 e. The van der Waals surface area contributed by atoms with E-state index >= 15 is 0 Å². The number of unbranched alkanes of at least 4 members (excludes halogenated alkanes) is 1. The maximum Gasteiger partial charge on any atom is 0.337 e. The zero-order chi connectivity index (χ0) is 22.2. The van der Waals surface area contributed by atoms with Crippen molar-refractivity contribution in [3.8, 4) is 0 Å². The topological polar surface area (TPSA) is 102 Å². The second kappa shape index (κ2) is 11.1. The van der Waals surface area contributed by atoms with Crippen molar-refractivity contribution in [2.24, 2.45) is 5.92 Å². The Bertz CT molecular complexity index is 784. The van der Waals surface area contributed by atoms with Crippen molar-refractivity contribution in [3.05, 3.63) is 23.8 Å². The minimum atomic E-state index is -1.05. The van der Waals surface area contributed by atoms with Gasteiger partial charge < -0.3 is 20.6 Å². The summed E-state index contributed by atoms with van der Waals surface area (Å²) in [6.07, 6.45) is 5.88. The molecule has 2 amide bonds. The van der Waals surface area contributed by atoms with Crippen LogP contribution in [0, 0.1) is 5.92 Å². The largest absolute Gasteiger partial charge is 0.478 e. The molecule has 2 fully saturated rings. The van der Waals surface area contributed by atoms with Crippen LogP contribution in [0.1, 0.15) is 55.8 Å². The highest BCUT2D eigenvalue weighted by Crippen LogP contribution is 2.28. The lowest BCUT2D eigenvalue weighted by atomic mass is 10.1. The predicted octanol–water partition coefficient (Wildman–Crippen LogP) is 2.55. The SMILES string of the molecule is CCCCNC(=O)CN1CCN(c2ccc(NC(=O)C3CCCC3)c(C(=O)O)c2)CC1. The molecule has 2 aliphatic rings. The van der Waals surface area contributed by atoms with E-state index in [1.807, 2.05) is 6.07 Å². The molecule has 1 aliphatic heterocycles. The third kappa shape index (κ3) is 6.43. The summed E-state index contributed by atoms with van der Waals surface area (Å²) in [5.41, 5.74) is 1.29. The van der Waals surface area contributed by atoms with Gasteiger partial charge in [0.15, 0.2) is 0 Å². The van der Waals surface area contributed by atoms with E-state index in [9.17, 15) is 19.5 Å². The lowest BCUT2D eigenvalue weighted by Gasteiger charge is -2.36. The maximum atomic E-state index is 12.4. The number of nitrogens with zero attached hydrogens (tertiary/aromatic N) is 2. The summed E-state index contributed by atoms with van der Waals surface area (Å²) in [7, 11) is 0. The first-order chi connectivity index (χ1) is 15.0. The number of carbonyl (C=O) groups is 3. The molecule has 3 N–H and O–H groups in total. The van der Waals surface area contributed by atoms with Crippen LogP contribution in [0.3, 0.4) is 0 Å². The molecule has 0 bridgehead atoms. The van der Waals surface area contributed by atoms with Crippen LogP contribution in [0.5, 0.6) is 0 Å². The van der Waals surface area contributed by atoms with E-state index < -0.39 is 5.97 Å². The minimum absolute atomic E-state index is 0.0198. The summed E-state index contributed by atoms with van der Waals surface area (Å²) in [6.45, 7) is 6.12.